The Kier molecular flexibility index (Phi) is 3.29. The summed E-state index contributed by atoms with van der Waals surface area (Å²) in [7, 11) is 1.88. The van der Waals surface area contributed by atoms with Crippen molar-refractivity contribution in [2.75, 3.05) is 12.1 Å². The van der Waals surface area contributed by atoms with Gasteiger partial charge < -0.3 is 14.8 Å². The van der Waals surface area contributed by atoms with Crippen LogP contribution in [0.15, 0.2) is 18.2 Å². The van der Waals surface area contributed by atoms with Crippen LogP contribution in [-0.4, -0.2) is 22.5 Å². The minimum absolute atomic E-state index is 0.0759. The predicted molar refractivity (Wildman–Crippen MR) is 77.6 cm³/mol. The Morgan fingerprint density at radius 3 is 2.81 bits per heavy atom. The molecule has 6 heteroatoms. The number of nitrogens with zero attached hydrogens (tertiary/aromatic N) is 2. The lowest BCUT2D eigenvalue weighted by molar-refractivity contribution is -0.115. The smallest absolute Gasteiger partial charge is 0.231 e. The van der Waals surface area contributed by atoms with Gasteiger partial charge in [0.2, 0.25) is 12.7 Å². The van der Waals surface area contributed by atoms with E-state index in [2.05, 4.69) is 10.4 Å². The monoisotopic (exact) mass is 287 g/mol. The molecule has 110 valence electrons. The molecule has 0 unspecified atom stereocenters. The number of hydrogen-bond donors (Lipinski definition) is 1. The maximum atomic E-state index is 12.2. The lowest BCUT2D eigenvalue weighted by Crippen LogP contribution is -2.15. The van der Waals surface area contributed by atoms with E-state index in [0.29, 0.717) is 23.6 Å². The first-order valence-electron chi connectivity index (χ1n) is 6.73. The van der Waals surface area contributed by atoms with E-state index in [1.54, 1.807) is 22.9 Å². The summed E-state index contributed by atoms with van der Waals surface area (Å²) in [6.07, 6.45) is 0.306. The van der Waals surface area contributed by atoms with Crippen LogP contribution in [-0.2, 0) is 18.3 Å². The quantitative estimate of drug-likeness (QED) is 0.937. The molecule has 2 heterocycles. The molecule has 0 saturated heterocycles. The normalized spacial score (nSPS) is 12.5. The number of fused-ring (bicyclic) bond motifs is 1. The Morgan fingerprint density at radius 1 is 1.33 bits per heavy atom. The van der Waals surface area contributed by atoms with Crippen LogP contribution in [0.1, 0.15) is 17.0 Å². The summed E-state index contributed by atoms with van der Waals surface area (Å²) in [6.45, 7) is 4.10. The fourth-order valence-corrected chi connectivity index (χ4v) is 2.41. The first-order chi connectivity index (χ1) is 10.0. The van der Waals surface area contributed by atoms with E-state index in [1.807, 2.05) is 20.9 Å². The average molecular weight is 287 g/mol. The molecule has 2 aromatic rings. The maximum absolute atomic E-state index is 12.2. The van der Waals surface area contributed by atoms with Crippen LogP contribution in [0, 0.1) is 13.8 Å². The number of hydrogen-bond acceptors (Lipinski definition) is 4. The molecule has 1 aromatic heterocycles. The summed E-state index contributed by atoms with van der Waals surface area (Å²) in [5.74, 6) is 1.28. The molecule has 1 N–H and O–H groups in total. The zero-order valence-corrected chi connectivity index (χ0v) is 12.3. The molecule has 21 heavy (non-hydrogen) atoms. The maximum Gasteiger partial charge on any atom is 0.231 e. The average Bonchev–Trinajstić information content (AvgIpc) is 2.99. The molecule has 0 atom stereocenters. The van der Waals surface area contributed by atoms with Crippen molar-refractivity contribution in [3.63, 3.8) is 0 Å². The molecule has 0 aliphatic carbocycles. The van der Waals surface area contributed by atoms with Gasteiger partial charge in [0.25, 0.3) is 0 Å². The van der Waals surface area contributed by atoms with Gasteiger partial charge in [0, 0.05) is 30.1 Å². The van der Waals surface area contributed by atoms with Gasteiger partial charge >= 0.3 is 0 Å². The van der Waals surface area contributed by atoms with Gasteiger partial charge in [-0.2, -0.15) is 5.10 Å². The van der Waals surface area contributed by atoms with E-state index >= 15 is 0 Å². The van der Waals surface area contributed by atoms with Gasteiger partial charge in [0.1, 0.15) is 0 Å². The van der Waals surface area contributed by atoms with Gasteiger partial charge in [0.15, 0.2) is 11.5 Å². The summed E-state index contributed by atoms with van der Waals surface area (Å²) in [4.78, 5) is 12.2. The lowest BCUT2D eigenvalue weighted by Gasteiger charge is -2.06. The number of benzene rings is 1. The van der Waals surface area contributed by atoms with Crippen LogP contribution in [0.3, 0.4) is 0 Å². The molecule has 0 saturated carbocycles. The predicted octanol–water partition coefficient (Wildman–Crippen LogP) is 1.95. The number of carbonyl (C=O) groups excluding carboxylic acids is 1. The van der Waals surface area contributed by atoms with Gasteiger partial charge in [-0.1, -0.05) is 0 Å². The van der Waals surface area contributed by atoms with E-state index in [1.165, 1.54) is 0 Å². The second-order valence-corrected chi connectivity index (χ2v) is 5.07. The summed E-state index contributed by atoms with van der Waals surface area (Å²) in [5, 5.41) is 7.19. The Balaban J connectivity index is 1.72. The number of ether oxygens (including phenoxy) is 2. The van der Waals surface area contributed by atoms with Crippen LogP contribution >= 0.6 is 0 Å². The first kappa shape index (κ1) is 13.5. The van der Waals surface area contributed by atoms with Crippen molar-refractivity contribution in [2.24, 2.45) is 7.05 Å². The number of nitrogens with one attached hydrogen (secondary N) is 1. The van der Waals surface area contributed by atoms with E-state index in [4.69, 9.17) is 9.47 Å². The number of carbonyl (C=O) groups is 1. The van der Waals surface area contributed by atoms with Crippen molar-refractivity contribution in [1.82, 2.24) is 9.78 Å². The molecule has 0 spiro atoms. The highest BCUT2D eigenvalue weighted by Crippen LogP contribution is 2.34. The third-order valence-electron chi connectivity index (χ3n) is 3.65. The molecular weight excluding hydrogens is 270 g/mol. The van der Waals surface area contributed by atoms with Crippen molar-refractivity contribution < 1.29 is 14.3 Å². The Bertz CT molecular complexity index is 706. The van der Waals surface area contributed by atoms with Crippen LogP contribution in [0.2, 0.25) is 0 Å². The molecular formula is C15H17N3O3. The van der Waals surface area contributed by atoms with Crippen molar-refractivity contribution in [2.45, 2.75) is 20.3 Å². The Morgan fingerprint density at radius 2 is 2.10 bits per heavy atom. The minimum atomic E-state index is -0.0759. The number of amides is 1. The molecule has 0 fully saturated rings. The second kappa shape index (κ2) is 5.12. The van der Waals surface area contributed by atoms with Crippen molar-refractivity contribution in [3.8, 4) is 11.5 Å². The number of aryl methyl sites for hydroxylation is 2. The molecule has 1 amide bonds. The molecule has 1 aromatic carbocycles. The zero-order valence-electron chi connectivity index (χ0n) is 12.3. The van der Waals surface area contributed by atoms with E-state index in [9.17, 15) is 4.79 Å². The number of rotatable bonds is 3. The standard InChI is InChI=1S/C15H17N3O3/c1-9-12(10(2)18(3)17-9)7-15(19)16-11-4-5-13-14(6-11)21-8-20-13/h4-6H,7-8H2,1-3H3,(H,16,19). The van der Waals surface area contributed by atoms with Gasteiger partial charge in [-0.05, 0) is 26.0 Å². The second-order valence-electron chi connectivity index (χ2n) is 5.07. The van der Waals surface area contributed by atoms with Gasteiger partial charge in [-0.15, -0.1) is 0 Å². The zero-order chi connectivity index (χ0) is 15.0. The van der Waals surface area contributed by atoms with Crippen LogP contribution in [0.5, 0.6) is 11.5 Å². The molecule has 0 bridgehead atoms. The summed E-state index contributed by atoms with van der Waals surface area (Å²) in [6, 6.07) is 5.36. The molecule has 6 nitrogen and oxygen atoms in total. The topological polar surface area (TPSA) is 65.4 Å². The highest BCUT2D eigenvalue weighted by molar-refractivity contribution is 5.92. The highest BCUT2D eigenvalue weighted by atomic mass is 16.7. The van der Waals surface area contributed by atoms with Crippen LogP contribution in [0.25, 0.3) is 0 Å². The Hall–Kier alpha value is -2.50. The summed E-state index contributed by atoms with van der Waals surface area (Å²) < 4.78 is 12.3. The van der Waals surface area contributed by atoms with Crippen molar-refractivity contribution >= 4 is 11.6 Å². The SMILES string of the molecule is Cc1nn(C)c(C)c1CC(=O)Nc1ccc2c(c1)OCO2. The third kappa shape index (κ3) is 2.56. The van der Waals surface area contributed by atoms with Crippen molar-refractivity contribution in [3.05, 3.63) is 35.2 Å². The van der Waals surface area contributed by atoms with Gasteiger partial charge in [0.05, 0.1) is 12.1 Å². The molecule has 0 radical (unpaired) electrons. The highest BCUT2D eigenvalue weighted by Gasteiger charge is 2.16. The summed E-state index contributed by atoms with van der Waals surface area (Å²) in [5.41, 5.74) is 3.56. The summed E-state index contributed by atoms with van der Waals surface area (Å²) >= 11 is 0. The van der Waals surface area contributed by atoms with E-state index in [0.717, 1.165) is 17.0 Å². The largest absolute Gasteiger partial charge is 0.454 e. The van der Waals surface area contributed by atoms with Crippen molar-refractivity contribution in [1.29, 1.82) is 0 Å². The molecule has 1 aliphatic rings. The van der Waals surface area contributed by atoms with Gasteiger partial charge in [-0.25, -0.2) is 0 Å². The van der Waals surface area contributed by atoms with E-state index in [-0.39, 0.29) is 12.7 Å². The molecule has 3 rings (SSSR count). The molecule has 1 aliphatic heterocycles. The number of aromatic nitrogens is 2. The Labute approximate surface area is 122 Å². The van der Waals surface area contributed by atoms with Crippen LogP contribution < -0.4 is 14.8 Å². The van der Waals surface area contributed by atoms with Crippen LogP contribution in [0.4, 0.5) is 5.69 Å². The first-order valence-corrected chi connectivity index (χ1v) is 6.73. The fourth-order valence-electron chi connectivity index (χ4n) is 2.41. The minimum Gasteiger partial charge on any atom is -0.454 e. The number of anilines is 1. The fraction of sp³-hybridized carbons (Fsp3) is 0.333. The van der Waals surface area contributed by atoms with E-state index < -0.39 is 0 Å². The van der Waals surface area contributed by atoms with Gasteiger partial charge in [-0.3, -0.25) is 9.48 Å². The third-order valence-corrected chi connectivity index (χ3v) is 3.65. The lowest BCUT2D eigenvalue weighted by atomic mass is 10.1.